The highest BCUT2D eigenvalue weighted by Crippen LogP contribution is 2.55. The minimum absolute atomic E-state index is 0. The fourth-order valence-corrected chi connectivity index (χ4v) is 4.31. The van der Waals surface area contributed by atoms with Gasteiger partial charge in [-0.2, -0.15) is 0 Å². The van der Waals surface area contributed by atoms with Gasteiger partial charge in [-0.3, -0.25) is 0 Å². The Morgan fingerprint density at radius 2 is 2.05 bits per heavy atom. The molecule has 4 heteroatoms. The molecule has 1 aromatic carbocycles. The van der Waals surface area contributed by atoms with Gasteiger partial charge in [-0.05, 0) is 56.7 Å². The van der Waals surface area contributed by atoms with Crippen LogP contribution in [-0.2, 0) is 6.42 Å². The maximum Gasteiger partial charge on any atom is 0.127 e. The van der Waals surface area contributed by atoms with Gasteiger partial charge >= 0.3 is 0 Å². The number of phenolic OH excluding ortho intramolecular Hbond substituents is 1. The molecule has 22 heavy (non-hydrogen) atoms. The number of halogens is 2. The Labute approximate surface area is 138 Å². The maximum absolute atomic E-state index is 14.7. The molecule has 0 heterocycles. The van der Waals surface area contributed by atoms with Crippen LogP contribution < -0.4 is 5.32 Å². The van der Waals surface area contributed by atoms with E-state index in [1.165, 1.54) is 12.5 Å². The van der Waals surface area contributed by atoms with Crippen molar-refractivity contribution in [2.24, 2.45) is 5.92 Å². The molecule has 0 spiro atoms. The van der Waals surface area contributed by atoms with Gasteiger partial charge in [-0.25, -0.2) is 4.39 Å². The number of benzene rings is 1. The van der Waals surface area contributed by atoms with Gasteiger partial charge in [0, 0.05) is 17.2 Å². The second-order valence-corrected chi connectivity index (χ2v) is 6.29. The second kappa shape index (κ2) is 7.01. The van der Waals surface area contributed by atoms with E-state index >= 15 is 0 Å². The van der Waals surface area contributed by atoms with Gasteiger partial charge in [0.1, 0.15) is 11.6 Å². The third-order valence-electron chi connectivity index (χ3n) is 5.22. The zero-order valence-corrected chi connectivity index (χ0v) is 14.0. The van der Waals surface area contributed by atoms with Crippen LogP contribution in [0.2, 0.25) is 0 Å². The molecule has 0 radical (unpaired) electrons. The van der Waals surface area contributed by atoms with Gasteiger partial charge in [-0.15, -0.1) is 12.4 Å². The van der Waals surface area contributed by atoms with Crippen LogP contribution in [0.25, 0.3) is 0 Å². The highest BCUT2D eigenvalue weighted by molar-refractivity contribution is 5.85. The monoisotopic (exact) mass is 325 g/mol. The average Bonchev–Trinajstić information content (AvgIpc) is 2.84. The molecule has 0 amide bonds. The lowest BCUT2D eigenvalue weighted by molar-refractivity contribution is 0.268. The van der Waals surface area contributed by atoms with Gasteiger partial charge in [0.15, 0.2) is 0 Å². The molecule has 1 aromatic rings. The Hall–Kier alpha value is -1.06. The van der Waals surface area contributed by atoms with Crippen molar-refractivity contribution >= 4 is 12.4 Å². The first-order chi connectivity index (χ1) is 10.2. The van der Waals surface area contributed by atoms with Crippen LogP contribution in [-0.4, -0.2) is 12.2 Å². The van der Waals surface area contributed by atoms with Crippen molar-refractivity contribution in [2.75, 3.05) is 7.05 Å². The van der Waals surface area contributed by atoms with Crippen molar-refractivity contribution in [3.05, 3.63) is 40.7 Å². The molecule has 1 fully saturated rings. The number of fused-ring (bicyclic) bond motifs is 3. The summed E-state index contributed by atoms with van der Waals surface area (Å²) in [7, 11) is 1.92. The number of rotatable bonds is 3. The van der Waals surface area contributed by atoms with E-state index < -0.39 is 0 Å². The van der Waals surface area contributed by atoms with Crippen molar-refractivity contribution in [3.63, 3.8) is 0 Å². The van der Waals surface area contributed by atoms with Crippen molar-refractivity contribution < 1.29 is 9.50 Å². The molecule has 1 saturated carbocycles. The molecule has 3 rings (SSSR count). The number of hydrogen-bond acceptors (Lipinski definition) is 2. The summed E-state index contributed by atoms with van der Waals surface area (Å²) in [5.41, 5.74) is 2.30. The number of aromatic hydroxyl groups is 1. The summed E-state index contributed by atoms with van der Waals surface area (Å²) < 4.78 is 14.7. The van der Waals surface area contributed by atoms with Gasteiger partial charge in [0.25, 0.3) is 0 Å². The van der Waals surface area contributed by atoms with Crippen LogP contribution >= 0.6 is 12.4 Å². The van der Waals surface area contributed by atoms with E-state index in [0.717, 1.165) is 30.4 Å². The lowest BCUT2D eigenvalue weighted by Crippen LogP contribution is -2.25. The number of allylic oxidation sites excluding steroid dienone is 2. The molecule has 3 atom stereocenters. The first-order valence-corrected chi connectivity index (χ1v) is 8.01. The lowest BCUT2D eigenvalue weighted by Gasteiger charge is -2.29. The lowest BCUT2D eigenvalue weighted by atomic mass is 9.78. The van der Waals surface area contributed by atoms with E-state index in [2.05, 4.69) is 5.32 Å². The maximum atomic E-state index is 14.7. The quantitative estimate of drug-likeness (QED) is 0.795. The summed E-state index contributed by atoms with van der Waals surface area (Å²) >= 11 is 0. The predicted octanol–water partition coefficient (Wildman–Crippen LogP) is 4.62. The molecule has 2 aliphatic rings. The number of nitrogens with one attached hydrogen (secondary N) is 1. The molecule has 2 aliphatic carbocycles. The van der Waals surface area contributed by atoms with Crippen molar-refractivity contribution in [1.29, 1.82) is 0 Å². The zero-order valence-electron chi connectivity index (χ0n) is 13.2. The normalized spacial score (nSPS) is 26.6. The molecule has 2 nitrogen and oxygen atoms in total. The summed E-state index contributed by atoms with van der Waals surface area (Å²) in [6.07, 6.45) is 9.00. The third-order valence-corrected chi connectivity index (χ3v) is 5.22. The van der Waals surface area contributed by atoms with E-state index in [4.69, 9.17) is 0 Å². The van der Waals surface area contributed by atoms with E-state index in [1.54, 1.807) is 0 Å². The average molecular weight is 326 g/mol. The minimum atomic E-state index is -0.128. The molecule has 0 aromatic heterocycles. The van der Waals surface area contributed by atoms with Crippen LogP contribution in [0.5, 0.6) is 5.75 Å². The Kier molecular flexibility index (Phi) is 5.51. The van der Waals surface area contributed by atoms with Crippen molar-refractivity contribution in [2.45, 2.75) is 51.0 Å². The van der Waals surface area contributed by atoms with Gasteiger partial charge in [0.2, 0.25) is 0 Å². The highest BCUT2D eigenvalue weighted by atomic mass is 35.5. The van der Waals surface area contributed by atoms with E-state index in [1.807, 2.05) is 26.1 Å². The molecule has 3 unspecified atom stereocenters. The SMILES string of the molecule is CC=CCc1cc(F)c2c(c1O)C(NC)C1CCCCC21.Cl. The molecule has 0 saturated heterocycles. The largest absolute Gasteiger partial charge is 0.507 e. The molecule has 0 bridgehead atoms. The minimum Gasteiger partial charge on any atom is -0.507 e. The predicted molar refractivity (Wildman–Crippen MR) is 90.3 cm³/mol. The number of phenols is 1. The Bertz CT molecular complexity index is 573. The van der Waals surface area contributed by atoms with Crippen LogP contribution in [0.15, 0.2) is 18.2 Å². The summed E-state index contributed by atoms with van der Waals surface area (Å²) in [4.78, 5) is 0. The first kappa shape index (κ1) is 17.3. The Balaban J connectivity index is 0.00000176. The summed E-state index contributed by atoms with van der Waals surface area (Å²) in [5, 5.41) is 14.0. The fraction of sp³-hybridized carbons (Fsp3) is 0.556. The second-order valence-electron chi connectivity index (χ2n) is 6.29. The zero-order chi connectivity index (χ0) is 15.0. The molecular formula is C18H25ClFNO. The number of hydrogen-bond donors (Lipinski definition) is 2. The van der Waals surface area contributed by atoms with E-state index in [9.17, 15) is 9.50 Å². The Morgan fingerprint density at radius 3 is 2.73 bits per heavy atom. The Morgan fingerprint density at radius 1 is 1.32 bits per heavy atom. The third kappa shape index (κ3) is 2.65. The molecule has 2 N–H and O–H groups in total. The van der Waals surface area contributed by atoms with Crippen molar-refractivity contribution in [1.82, 2.24) is 5.32 Å². The molecule has 122 valence electrons. The highest BCUT2D eigenvalue weighted by Gasteiger charge is 2.44. The smallest absolute Gasteiger partial charge is 0.127 e. The summed E-state index contributed by atoms with van der Waals surface area (Å²) in [6, 6.07) is 1.63. The van der Waals surface area contributed by atoms with Gasteiger partial charge < -0.3 is 10.4 Å². The van der Waals surface area contributed by atoms with Gasteiger partial charge in [0.05, 0.1) is 0 Å². The van der Waals surface area contributed by atoms with E-state index in [-0.39, 0.29) is 30.2 Å². The topological polar surface area (TPSA) is 32.3 Å². The van der Waals surface area contributed by atoms with Crippen LogP contribution in [0.1, 0.15) is 61.3 Å². The molecular weight excluding hydrogens is 301 g/mol. The summed E-state index contributed by atoms with van der Waals surface area (Å²) in [6.45, 7) is 1.94. The van der Waals surface area contributed by atoms with Gasteiger partial charge in [-0.1, -0.05) is 25.0 Å². The van der Waals surface area contributed by atoms with Crippen molar-refractivity contribution in [3.8, 4) is 5.75 Å². The van der Waals surface area contributed by atoms with Crippen LogP contribution in [0.4, 0.5) is 4.39 Å². The van der Waals surface area contributed by atoms with Crippen LogP contribution in [0, 0.1) is 11.7 Å². The standard InChI is InChI=1S/C18H24FNO.ClH/c1-3-4-7-11-10-14(19)15-12-8-5-6-9-13(12)17(20-2)16(15)18(11)21;/h3-4,10,12-13,17,20-21H,5-9H2,1-2H3;1H. The summed E-state index contributed by atoms with van der Waals surface area (Å²) in [5.74, 6) is 0.874. The first-order valence-electron chi connectivity index (χ1n) is 8.01. The fourth-order valence-electron chi connectivity index (χ4n) is 4.31. The van der Waals surface area contributed by atoms with Crippen LogP contribution in [0.3, 0.4) is 0 Å². The molecule has 0 aliphatic heterocycles. The van der Waals surface area contributed by atoms with E-state index in [0.29, 0.717) is 23.7 Å².